The smallest absolute Gasteiger partial charge is 0.318 e. The van der Waals surface area contributed by atoms with E-state index in [9.17, 15) is 8.42 Å². The fourth-order valence-corrected chi connectivity index (χ4v) is 4.39. The second kappa shape index (κ2) is 6.17. The first-order valence-electron chi connectivity index (χ1n) is 7.82. The van der Waals surface area contributed by atoms with Crippen LogP contribution < -0.4 is 4.90 Å². The van der Waals surface area contributed by atoms with Gasteiger partial charge in [0.25, 0.3) is 0 Å². The fraction of sp³-hybridized carbons (Fsp3) is 0.643. The average molecular weight is 355 g/mol. The SMILES string of the molecule is Cc1noc(C)c1S(=O)(=O)N1CCN(c2nnc(C(C)C)o2)CC1. The van der Waals surface area contributed by atoms with E-state index in [1.54, 1.807) is 13.8 Å². The van der Waals surface area contributed by atoms with E-state index in [0.29, 0.717) is 49.5 Å². The summed E-state index contributed by atoms with van der Waals surface area (Å²) in [6.07, 6.45) is 0. The van der Waals surface area contributed by atoms with Crippen LogP contribution in [0.3, 0.4) is 0 Å². The Labute approximate surface area is 140 Å². The summed E-state index contributed by atoms with van der Waals surface area (Å²) in [4.78, 5) is 2.06. The van der Waals surface area contributed by atoms with Crippen molar-refractivity contribution in [1.29, 1.82) is 0 Å². The molecule has 1 aliphatic rings. The minimum atomic E-state index is -3.61. The highest BCUT2D eigenvalue weighted by molar-refractivity contribution is 7.89. The van der Waals surface area contributed by atoms with Crippen LogP contribution in [-0.4, -0.2) is 54.3 Å². The van der Waals surface area contributed by atoms with Crippen LogP contribution in [0.25, 0.3) is 0 Å². The molecule has 24 heavy (non-hydrogen) atoms. The van der Waals surface area contributed by atoms with E-state index >= 15 is 0 Å². The van der Waals surface area contributed by atoms with Crippen molar-refractivity contribution in [3.63, 3.8) is 0 Å². The van der Waals surface area contributed by atoms with Crippen LogP contribution in [0, 0.1) is 13.8 Å². The second-order valence-electron chi connectivity index (χ2n) is 6.12. The van der Waals surface area contributed by atoms with Crippen LogP contribution >= 0.6 is 0 Å². The number of nitrogens with zero attached hydrogens (tertiary/aromatic N) is 5. The first-order chi connectivity index (χ1) is 11.3. The zero-order chi connectivity index (χ0) is 17.5. The lowest BCUT2D eigenvalue weighted by atomic mass is 10.2. The molecule has 1 fully saturated rings. The van der Waals surface area contributed by atoms with Crippen LogP contribution in [0.15, 0.2) is 13.8 Å². The molecule has 1 saturated heterocycles. The zero-order valence-corrected chi connectivity index (χ0v) is 15.0. The molecule has 10 heteroatoms. The summed E-state index contributed by atoms with van der Waals surface area (Å²) in [5.41, 5.74) is 0.383. The zero-order valence-electron chi connectivity index (χ0n) is 14.2. The van der Waals surface area contributed by atoms with Crippen molar-refractivity contribution < 1.29 is 17.4 Å². The lowest BCUT2D eigenvalue weighted by molar-refractivity contribution is 0.364. The molecule has 0 saturated carbocycles. The fourth-order valence-electron chi connectivity index (χ4n) is 2.68. The molecule has 0 aliphatic carbocycles. The molecular weight excluding hydrogens is 334 g/mol. The highest BCUT2D eigenvalue weighted by Crippen LogP contribution is 2.25. The number of aromatic nitrogens is 3. The molecule has 9 nitrogen and oxygen atoms in total. The minimum absolute atomic E-state index is 0.160. The lowest BCUT2D eigenvalue weighted by Gasteiger charge is -2.32. The number of aryl methyl sites for hydroxylation is 2. The monoisotopic (exact) mass is 355 g/mol. The molecule has 0 radical (unpaired) electrons. The van der Waals surface area contributed by atoms with E-state index in [1.807, 2.05) is 18.7 Å². The van der Waals surface area contributed by atoms with Crippen LogP contribution in [0.5, 0.6) is 0 Å². The third kappa shape index (κ3) is 2.91. The predicted molar refractivity (Wildman–Crippen MR) is 85.3 cm³/mol. The predicted octanol–water partition coefficient (Wildman–Crippen LogP) is 1.31. The summed E-state index contributed by atoms with van der Waals surface area (Å²) >= 11 is 0. The maximum absolute atomic E-state index is 12.8. The van der Waals surface area contributed by atoms with E-state index in [1.165, 1.54) is 4.31 Å². The molecule has 0 N–H and O–H groups in total. The summed E-state index contributed by atoms with van der Waals surface area (Å²) in [7, 11) is -3.61. The summed E-state index contributed by atoms with van der Waals surface area (Å²) in [5.74, 6) is 1.05. The van der Waals surface area contributed by atoms with Gasteiger partial charge in [0.2, 0.25) is 15.9 Å². The Balaban J connectivity index is 1.72. The van der Waals surface area contributed by atoms with E-state index in [0.717, 1.165) is 0 Å². The third-order valence-corrected chi connectivity index (χ3v) is 6.14. The number of anilines is 1. The summed E-state index contributed by atoms with van der Waals surface area (Å²) in [5, 5.41) is 11.8. The highest BCUT2D eigenvalue weighted by Gasteiger charge is 2.34. The van der Waals surface area contributed by atoms with Gasteiger partial charge in [-0.2, -0.15) is 4.31 Å². The molecule has 2 aromatic rings. The lowest BCUT2D eigenvalue weighted by Crippen LogP contribution is -2.49. The van der Waals surface area contributed by atoms with E-state index < -0.39 is 10.0 Å². The molecule has 0 atom stereocenters. The van der Waals surface area contributed by atoms with Gasteiger partial charge >= 0.3 is 6.01 Å². The van der Waals surface area contributed by atoms with Crippen molar-refractivity contribution in [3.8, 4) is 0 Å². The number of hydrogen-bond donors (Lipinski definition) is 0. The Morgan fingerprint density at radius 3 is 2.25 bits per heavy atom. The Bertz CT molecular complexity index is 799. The van der Waals surface area contributed by atoms with Crippen LogP contribution in [0.2, 0.25) is 0 Å². The van der Waals surface area contributed by atoms with Gasteiger partial charge < -0.3 is 13.8 Å². The van der Waals surface area contributed by atoms with Crippen LogP contribution in [-0.2, 0) is 10.0 Å². The molecule has 0 unspecified atom stereocenters. The first kappa shape index (κ1) is 16.9. The Morgan fingerprint density at radius 2 is 1.75 bits per heavy atom. The Hall–Kier alpha value is -1.94. The van der Waals surface area contributed by atoms with E-state index in [4.69, 9.17) is 8.94 Å². The normalized spacial score (nSPS) is 17.0. The first-order valence-corrected chi connectivity index (χ1v) is 9.26. The quantitative estimate of drug-likeness (QED) is 0.808. The van der Waals surface area contributed by atoms with E-state index in [-0.39, 0.29) is 10.8 Å². The van der Waals surface area contributed by atoms with Crippen molar-refractivity contribution in [3.05, 3.63) is 17.3 Å². The molecule has 0 spiro atoms. The van der Waals surface area contributed by atoms with Crippen molar-refractivity contribution in [1.82, 2.24) is 19.7 Å². The van der Waals surface area contributed by atoms with Crippen molar-refractivity contribution in [2.75, 3.05) is 31.1 Å². The molecule has 2 aromatic heterocycles. The number of piperazine rings is 1. The van der Waals surface area contributed by atoms with Gasteiger partial charge in [0.05, 0.1) is 0 Å². The van der Waals surface area contributed by atoms with Crippen LogP contribution in [0.4, 0.5) is 6.01 Å². The van der Waals surface area contributed by atoms with Gasteiger partial charge in [-0.05, 0) is 13.8 Å². The standard InChI is InChI=1S/C14H21N5O4S/c1-9(2)13-15-16-14(22-13)18-5-7-19(8-6-18)24(20,21)12-10(3)17-23-11(12)4/h9H,5-8H2,1-4H3. The summed E-state index contributed by atoms with van der Waals surface area (Å²) < 4.78 is 37.6. The second-order valence-corrected chi connectivity index (χ2v) is 8.00. The van der Waals surface area contributed by atoms with Crippen molar-refractivity contribution in [2.24, 2.45) is 0 Å². The third-order valence-electron chi connectivity index (χ3n) is 4.00. The highest BCUT2D eigenvalue weighted by atomic mass is 32.2. The van der Waals surface area contributed by atoms with Gasteiger partial charge in [0.15, 0.2) is 5.76 Å². The summed E-state index contributed by atoms with van der Waals surface area (Å²) in [6, 6.07) is 0.438. The minimum Gasteiger partial charge on any atom is -0.408 e. The molecule has 3 heterocycles. The van der Waals surface area contributed by atoms with Crippen molar-refractivity contribution >= 4 is 16.0 Å². The molecular formula is C14H21N5O4S. The number of sulfonamides is 1. The topological polar surface area (TPSA) is 106 Å². The Kier molecular flexibility index (Phi) is 4.35. The van der Waals surface area contributed by atoms with Gasteiger partial charge in [0.1, 0.15) is 10.6 Å². The summed E-state index contributed by atoms with van der Waals surface area (Å²) in [6.45, 7) is 8.85. The number of rotatable bonds is 4. The van der Waals surface area contributed by atoms with E-state index in [2.05, 4.69) is 15.4 Å². The molecule has 0 bridgehead atoms. The van der Waals surface area contributed by atoms with Gasteiger partial charge in [-0.3, -0.25) is 0 Å². The van der Waals surface area contributed by atoms with Gasteiger partial charge in [-0.15, -0.1) is 5.10 Å². The van der Waals surface area contributed by atoms with Gasteiger partial charge in [-0.25, -0.2) is 8.42 Å². The Morgan fingerprint density at radius 1 is 1.08 bits per heavy atom. The number of hydrogen-bond acceptors (Lipinski definition) is 8. The maximum atomic E-state index is 12.8. The van der Waals surface area contributed by atoms with Crippen LogP contribution in [0.1, 0.15) is 37.1 Å². The molecule has 132 valence electrons. The molecule has 0 amide bonds. The molecule has 3 rings (SSSR count). The average Bonchev–Trinajstić information content (AvgIpc) is 3.15. The van der Waals surface area contributed by atoms with Crippen molar-refractivity contribution in [2.45, 2.75) is 38.5 Å². The molecule has 1 aliphatic heterocycles. The largest absolute Gasteiger partial charge is 0.408 e. The molecule has 0 aromatic carbocycles. The van der Waals surface area contributed by atoms with Gasteiger partial charge in [-0.1, -0.05) is 24.1 Å². The van der Waals surface area contributed by atoms with Gasteiger partial charge in [0, 0.05) is 32.1 Å². The maximum Gasteiger partial charge on any atom is 0.318 e.